The number of halogens is 1. The zero-order chi connectivity index (χ0) is 9.68. The molecule has 0 aliphatic heterocycles. The van der Waals surface area contributed by atoms with Gasteiger partial charge in [0.15, 0.2) is 0 Å². The third-order valence-electron chi connectivity index (χ3n) is 1.47. The summed E-state index contributed by atoms with van der Waals surface area (Å²) in [5, 5.41) is 2.43. The molecule has 1 rings (SSSR count). The standard InChI is InChI=1S/C10H8FNO/c1-2-10(13)12-7-8-4-3-5-9(11)6-8/h1,3-6H,7H2,(H,12,13). The molecule has 0 saturated heterocycles. The van der Waals surface area contributed by atoms with E-state index < -0.39 is 5.91 Å². The monoisotopic (exact) mass is 177 g/mol. The molecule has 0 unspecified atom stereocenters. The van der Waals surface area contributed by atoms with Crippen LogP contribution in [0.3, 0.4) is 0 Å². The van der Waals surface area contributed by atoms with Crippen molar-refractivity contribution in [3.63, 3.8) is 0 Å². The highest BCUT2D eigenvalue weighted by Gasteiger charge is 1.96. The van der Waals surface area contributed by atoms with Crippen LogP contribution in [0.5, 0.6) is 0 Å². The second kappa shape index (κ2) is 4.27. The topological polar surface area (TPSA) is 29.1 Å². The van der Waals surface area contributed by atoms with Gasteiger partial charge in [0.2, 0.25) is 0 Å². The normalized spacial score (nSPS) is 8.92. The molecular weight excluding hydrogens is 169 g/mol. The van der Waals surface area contributed by atoms with E-state index >= 15 is 0 Å². The van der Waals surface area contributed by atoms with Crippen molar-refractivity contribution in [3.05, 3.63) is 35.6 Å². The fourth-order valence-electron chi connectivity index (χ4n) is 0.880. The van der Waals surface area contributed by atoms with Gasteiger partial charge in [-0.05, 0) is 23.6 Å². The molecule has 0 bridgehead atoms. The first-order valence-corrected chi connectivity index (χ1v) is 3.71. The molecule has 1 amide bonds. The first-order chi connectivity index (χ1) is 6.22. The summed E-state index contributed by atoms with van der Waals surface area (Å²) in [6.07, 6.45) is 4.83. The van der Waals surface area contributed by atoms with E-state index in [1.165, 1.54) is 12.1 Å². The predicted molar refractivity (Wildman–Crippen MR) is 47.1 cm³/mol. The van der Waals surface area contributed by atoms with Crippen LogP contribution < -0.4 is 5.32 Å². The van der Waals surface area contributed by atoms with Crippen molar-refractivity contribution in [1.29, 1.82) is 0 Å². The van der Waals surface area contributed by atoms with Crippen LogP contribution in [0.1, 0.15) is 5.56 Å². The van der Waals surface area contributed by atoms with Gasteiger partial charge in [-0.2, -0.15) is 0 Å². The van der Waals surface area contributed by atoms with Crippen LogP contribution in [0.15, 0.2) is 24.3 Å². The van der Waals surface area contributed by atoms with Crippen LogP contribution in [0.25, 0.3) is 0 Å². The number of hydrogen-bond donors (Lipinski definition) is 1. The van der Waals surface area contributed by atoms with Gasteiger partial charge in [-0.25, -0.2) is 4.39 Å². The molecule has 0 aliphatic carbocycles. The molecule has 0 fully saturated rings. The Labute approximate surface area is 75.8 Å². The highest BCUT2D eigenvalue weighted by Crippen LogP contribution is 2.02. The third-order valence-corrected chi connectivity index (χ3v) is 1.47. The Balaban J connectivity index is 2.56. The Bertz CT molecular complexity index is 354. The molecule has 13 heavy (non-hydrogen) atoms. The molecule has 0 aliphatic rings. The minimum Gasteiger partial charge on any atom is -0.341 e. The van der Waals surface area contributed by atoms with Crippen LogP contribution in [0.2, 0.25) is 0 Å². The van der Waals surface area contributed by atoms with Crippen molar-refractivity contribution in [1.82, 2.24) is 5.32 Å². The number of amides is 1. The van der Waals surface area contributed by atoms with Gasteiger partial charge in [0, 0.05) is 6.54 Å². The number of terminal acetylenes is 1. The molecule has 66 valence electrons. The van der Waals surface area contributed by atoms with E-state index in [1.807, 2.05) is 5.92 Å². The van der Waals surface area contributed by atoms with Crippen molar-refractivity contribution < 1.29 is 9.18 Å². The Kier molecular flexibility index (Phi) is 3.04. The van der Waals surface area contributed by atoms with Crippen LogP contribution in [0.4, 0.5) is 4.39 Å². The molecule has 1 aromatic rings. The lowest BCUT2D eigenvalue weighted by Gasteiger charge is -2.00. The van der Waals surface area contributed by atoms with E-state index in [2.05, 4.69) is 5.32 Å². The molecule has 0 saturated carbocycles. The van der Waals surface area contributed by atoms with Crippen molar-refractivity contribution in [3.8, 4) is 12.3 Å². The predicted octanol–water partition coefficient (Wildman–Crippen LogP) is 1.08. The van der Waals surface area contributed by atoms with E-state index in [4.69, 9.17) is 6.42 Å². The fourth-order valence-corrected chi connectivity index (χ4v) is 0.880. The number of carbonyl (C=O) groups excluding carboxylic acids is 1. The molecule has 2 nitrogen and oxygen atoms in total. The van der Waals surface area contributed by atoms with Crippen molar-refractivity contribution in [2.24, 2.45) is 0 Å². The molecule has 0 spiro atoms. The second-order valence-corrected chi connectivity index (χ2v) is 2.46. The van der Waals surface area contributed by atoms with Gasteiger partial charge in [-0.15, -0.1) is 6.42 Å². The lowest BCUT2D eigenvalue weighted by Crippen LogP contribution is -2.20. The second-order valence-electron chi connectivity index (χ2n) is 2.46. The smallest absolute Gasteiger partial charge is 0.295 e. The highest BCUT2D eigenvalue weighted by molar-refractivity contribution is 5.92. The summed E-state index contributed by atoms with van der Waals surface area (Å²) in [5.74, 6) is 1.08. The lowest BCUT2D eigenvalue weighted by atomic mass is 10.2. The number of benzene rings is 1. The largest absolute Gasteiger partial charge is 0.341 e. The average Bonchev–Trinajstić information content (AvgIpc) is 2.14. The van der Waals surface area contributed by atoms with Gasteiger partial charge in [0.1, 0.15) is 5.82 Å². The fraction of sp³-hybridized carbons (Fsp3) is 0.100. The van der Waals surface area contributed by atoms with Crippen LogP contribution in [-0.2, 0) is 11.3 Å². The minimum absolute atomic E-state index is 0.251. The maximum Gasteiger partial charge on any atom is 0.295 e. The summed E-state index contributed by atoms with van der Waals surface area (Å²) in [6, 6.07) is 5.97. The first kappa shape index (κ1) is 9.27. The van der Waals surface area contributed by atoms with Crippen LogP contribution in [-0.4, -0.2) is 5.91 Å². The highest BCUT2D eigenvalue weighted by atomic mass is 19.1. The molecule has 0 radical (unpaired) electrons. The summed E-state index contributed by atoms with van der Waals surface area (Å²) in [4.78, 5) is 10.6. The first-order valence-electron chi connectivity index (χ1n) is 3.71. The van der Waals surface area contributed by atoms with Gasteiger partial charge < -0.3 is 5.32 Å². The molecule has 0 atom stereocenters. The number of nitrogens with one attached hydrogen (secondary N) is 1. The Morgan fingerprint density at radius 3 is 3.00 bits per heavy atom. The quantitative estimate of drug-likeness (QED) is 0.673. The summed E-state index contributed by atoms with van der Waals surface area (Å²) >= 11 is 0. The van der Waals surface area contributed by atoms with Gasteiger partial charge >= 0.3 is 0 Å². The van der Waals surface area contributed by atoms with E-state index in [1.54, 1.807) is 12.1 Å². The zero-order valence-electron chi connectivity index (χ0n) is 6.88. The molecule has 3 heteroatoms. The summed E-state index contributed by atoms with van der Waals surface area (Å²) in [6.45, 7) is 0.251. The van der Waals surface area contributed by atoms with Gasteiger partial charge in [-0.3, -0.25) is 4.79 Å². The molecule has 1 aromatic carbocycles. The van der Waals surface area contributed by atoms with Gasteiger partial charge in [0.05, 0.1) is 0 Å². The average molecular weight is 177 g/mol. The van der Waals surface area contributed by atoms with Crippen LogP contribution in [0, 0.1) is 18.2 Å². The van der Waals surface area contributed by atoms with Gasteiger partial charge in [-0.1, -0.05) is 12.1 Å². The van der Waals surface area contributed by atoms with E-state index in [9.17, 15) is 9.18 Å². The van der Waals surface area contributed by atoms with Crippen molar-refractivity contribution in [2.45, 2.75) is 6.54 Å². The SMILES string of the molecule is C#CC(=O)NCc1cccc(F)c1. The number of hydrogen-bond acceptors (Lipinski definition) is 1. The van der Waals surface area contributed by atoms with Crippen LogP contribution >= 0.6 is 0 Å². The van der Waals surface area contributed by atoms with E-state index in [0.29, 0.717) is 5.56 Å². The Hall–Kier alpha value is -1.82. The Morgan fingerprint density at radius 1 is 1.62 bits per heavy atom. The van der Waals surface area contributed by atoms with Crippen molar-refractivity contribution in [2.75, 3.05) is 0 Å². The lowest BCUT2D eigenvalue weighted by molar-refractivity contribution is -0.115. The molecular formula is C10H8FNO. The maximum atomic E-state index is 12.6. The third kappa shape index (κ3) is 2.96. The number of rotatable bonds is 2. The minimum atomic E-state index is -0.496. The summed E-state index contributed by atoms with van der Waals surface area (Å²) < 4.78 is 12.6. The van der Waals surface area contributed by atoms with E-state index in [-0.39, 0.29) is 12.4 Å². The Morgan fingerprint density at radius 2 is 2.38 bits per heavy atom. The molecule has 0 heterocycles. The van der Waals surface area contributed by atoms with E-state index in [0.717, 1.165) is 0 Å². The summed E-state index contributed by atoms with van der Waals surface area (Å²) in [7, 11) is 0. The summed E-state index contributed by atoms with van der Waals surface area (Å²) in [5.41, 5.74) is 0.684. The molecule has 1 N–H and O–H groups in total. The maximum absolute atomic E-state index is 12.6. The van der Waals surface area contributed by atoms with Crippen molar-refractivity contribution >= 4 is 5.91 Å². The molecule has 0 aromatic heterocycles. The van der Waals surface area contributed by atoms with Gasteiger partial charge in [0.25, 0.3) is 5.91 Å². The zero-order valence-corrected chi connectivity index (χ0v) is 6.88. The number of carbonyl (C=O) groups is 1.